The molecule has 1 N–H and O–H groups in total. The van der Waals surface area contributed by atoms with Gasteiger partial charge in [0.1, 0.15) is 24.5 Å². The number of ether oxygens (including phenoxy) is 3. The van der Waals surface area contributed by atoms with Crippen molar-refractivity contribution in [2.75, 3.05) is 24.7 Å². The molecule has 208 valence electrons. The van der Waals surface area contributed by atoms with Gasteiger partial charge >= 0.3 is 6.03 Å². The van der Waals surface area contributed by atoms with Crippen LogP contribution in [0.5, 0.6) is 17.2 Å². The zero-order valence-corrected chi connectivity index (χ0v) is 23.4. The second-order valence-electron chi connectivity index (χ2n) is 10.4. The molecule has 0 atom stereocenters. The SMILES string of the molecule is CCOc1cc(/C=C2/C(=O)NC(=O)N(c3cccc(C)c3)C2=O)ccc1OCCOc1ccc(C(C)(C)C)cc1. The number of nitrogens with one attached hydrogen (secondary N) is 1. The Morgan fingerprint density at radius 1 is 0.850 bits per heavy atom. The maximum Gasteiger partial charge on any atom is 0.335 e. The van der Waals surface area contributed by atoms with E-state index < -0.39 is 17.8 Å². The van der Waals surface area contributed by atoms with E-state index in [9.17, 15) is 14.4 Å². The van der Waals surface area contributed by atoms with E-state index in [1.807, 2.05) is 32.0 Å². The summed E-state index contributed by atoms with van der Waals surface area (Å²) in [5.41, 5.74) is 2.94. The highest BCUT2D eigenvalue weighted by Crippen LogP contribution is 2.31. The molecule has 8 nitrogen and oxygen atoms in total. The number of benzene rings is 3. The molecule has 4 amide bonds. The lowest BCUT2D eigenvalue weighted by Gasteiger charge is -2.26. The highest BCUT2D eigenvalue weighted by atomic mass is 16.5. The number of nitrogens with zero attached hydrogens (tertiary/aromatic N) is 1. The first-order valence-electron chi connectivity index (χ1n) is 13.2. The van der Waals surface area contributed by atoms with Crippen molar-refractivity contribution in [1.29, 1.82) is 0 Å². The molecule has 1 heterocycles. The standard InChI is InChI=1S/C32H34N2O6/c1-6-38-28-20-22(10-15-27(28)40-17-16-39-25-13-11-23(12-14-25)32(3,4)5)19-26-29(35)33-31(37)34(30(26)36)24-9-7-8-21(2)18-24/h7-15,18-20H,6,16-17H2,1-5H3,(H,33,35,37)/b26-19-. The summed E-state index contributed by atoms with van der Waals surface area (Å²) in [6.45, 7) is 11.2. The number of aryl methyl sites for hydroxylation is 1. The average molecular weight is 543 g/mol. The number of amides is 4. The van der Waals surface area contributed by atoms with Crippen molar-refractivity contribution in [3.05, 3.63) is 89.0 Å². The first-order chi connectivity index (χ1) is 19.1. The summed E-state index contributed by atoms with van der Waals surface area (Å²) >= 11 is 0. The fraction of sp³-hybridized carbons (Fsp3) is 0.281. The van der Waals surface area contributed by atoms with Crippen LogP contribution >= 0.6 is 0 Å². The van der Waals surface area contributed by atoms with Gasteiger partial charge < -0.3 is 14.2 Å². The number of urea groups is 1. The molecule has 3 aromatic rings. The largest absolute Gasteiger partial charge is 0.490 e. The van der Waals surface area contributed by atoms with Gasteiger partial charge in [0, 0.05) is 0 Å². The summed E-state index contributed by atoms with van der Waals surface area (Å²) in [7, 11) is 0. The maximum atomic E-state index is 13.2. The van der Waals surface area contributed by atoms with Crippen molar-refractivity contribution >= 4 is 29.6 Å². The van der Waals surface area contributed by atoms with Crippen LogP contribution in [0.2, 0.25) is 0 Å². The Morgan fingerprint density at radius 3 is 2.25 bits per heavy atom. The molecule has 1 saturated heterocycles. The van der Waals surface area contributed by atoms with Crippen LogP contribution < -0.4 is 24.4 Å². The second-order valence-corrected chi connectivity index (χ2v) is 10.4. The van der Waals surface area contributed by atoms with Gasteiger partial charge in [-0.2, -0.15) is 0 Å². The molecule has 1 aliphatic rings. The summed E-state index contributed by atoms with van der Waals surface area (Å²) in [4.78, 5) is 39.2. The zero-order chi connectivity index (χ0) is 28.9. The van der Waals surface area contributed by atoms with E-state index in [1.54, 1.807) is 36.4 Å². The number of carbonyl (C=O) groups excluding carboxylic acids is 3. The van der Waals surface area contributed by atoms with Crippen LogP contribution in [0.1, 0.15) is 44.4 Å². The third-order valence-electron chi connectivity index (χ3n) is 6.27. The normalized spacial score (nSPS) is 14.8. The highest BCUT2D eigenvalue weighted by molar-refractivity contribution is 6.39. The lowest BCUT2D eigenvalue weighted by molar-refractivity contribution is -0.122. The number of hydrogen-bond donors (Lipinski definition) is 1. The maximum absolute atomic E-state index is 13.2. The molecule has 0 aromatic heterocycles. The number of hydrogen-bond acceptors (Lipinski definition) is 6. The van der Waals surface area contributed by atoms with Gasteiger partial charge in [-0.1, -0.05) is 51.1 Å². The first-order valence-corrected chi connectivity index (χ1v) is 13.2. The predicted molar refractivity (Wildman–Crippen MR) is 154 cm³/mol. The molecule has 1 fully saturated rings. The van der Waals surface area contributed by atoms with Gasteiger partial charge in [0.15, 0.2) is 11.5 Å². The molecule has 0 saturated carbocycles. The van der Waals surface area contributed by atoms with Crippen molar-refractivity contribution in [3.63, 3.8) is 0 Å². The summed E-state index contributed by atoms with van der Waals surface area (Å²) in [5, 5.41) is 2.25. The van der Waals surface area contributed by atoms with Gasteiger partial charge in [0.05, 0.1) is 12.3 Å². The smallest absolute Gasteiger partial charge is 0.335 e. The Labute approximate surface area is 234 Å². The van der Waals surface area contributed by atoms with Gasteiger partial charge in [-0.05, 0) is 78.4 Å². The van der Waals surface area contributed by atoms with E-state index in [0.717, 1.165) is 16.2 Å². The molecule has 0 spiro atoms. The lowest BCUT2D eigenvalue weighted by atomic mass is 9.87. The van der Waals surface area contributed by atoms with Crippen molar-refractivity contribution < 1.29 is 28.6 Å². The molecule has 0 aliphatic carbocycles. The van der Waals surface area contributed by atoms with Gasteiger partial charge in [-0.15, -0.1) is 0 Å². The molecular formula is C32H34N2O6. The molecule has 1 aliphatic heterocycles. The van der Waals surface area contributed by atoms with Crippen LogP contribution in [0.3, 0.4) is 0 Å². The van der Waals surface area contributed by atoms with E-state index in [2.05, 4.69) is 38.2 Å². The van der Waals surface area contributed by atoms with E-state index in [1.165, 1.54) is 11.6 Å². The van der Waals surface area contributed by atoms with E-state index in [0.29, 0.717) is 36.0 Å². The van der Waals surface area contributed by atoms with Crippen LogP contribution in [0.25, 0.3) is 6.08 Å². The van der Waals surface area contributed by atoms with Crippen LogP contribution in [0.4, 0.5) is 10.5 Å². The number of imide groups is 2. The Hall–Kier alpha value is -4.59. The molecule has 8 heteroatoms. The minimum absolute atomic E-state index is 0.0747. The first kappa shape index (κ1) is 28.4. The summed E-state index contributed by atoms with van der Waals surface area (Å²) in [5.74, 6) is 0.265. The quantitative estimate of drug-likeness (QED) is 0.208. The number of anilines is 1. The molecule has 0 radical (unpaired) electrons. The Morgan fingerprint density at radius 2 is 1.57 bits per heavy atom. The van der Waals surface area contributed by atoms with Gasteiger partial charge in [0.25, 0.3) is 11.8 Å². The molecule has 4 rings (SSSR count). The fourth-order valence-electron chi connectivity index (χ4n) is 4.19. The summed E-state index contributed by atoms with van der Waals surface area (Å²) in [6.07, 6.45) is 1.43. The Bertz CT molecular complexity index is 1440. The minimum Gasteiger partial charge on any atom is -0.490 e. The van der Waals surface area contributed by atoms with Crippen molar-refractivity contribution in [1.82, 2.24) is 5.32 Å². The van der Waals surface area contributed by atoms with Crippen molar-refractivity contribution in [3.8, 4) is 17.2 Å². The lowest BCUT2D eigenvalue weighted by Crippen LogP contribution is -2.54. The van der Waals surface area contributed by atoms with Crippen molar-refractivity contribution in [2.45, 2.75) is 40.0 Å². The second kappa shape index (κ2) is 12.1. The number of barbiturate groups is 1. The van der Waals surface area contributed by atoms with Crippen molar-refractivity contribution in [2.24, 2.45) is 0 Å². The van der Waals surface area contributed by atoms with Crippen LogP contribution in [-0.4, -0.2) is 37.7 Å². The van der Waals surface area contributed by atoms with Gasteiger partial charge in [-0.3, -0.25) is 14.9 Å². The average Bonchev–Trinajstić information content (AvgIpc) is 2.90. The van der Waals surface area contributed by atoms with Crippen LogP contribution in [-0.2, 0) is 15.0 Å². The summed E-state index contributed by atoms with van der Waals surface area (Å²) in [6, 6.07) is 19.3. The summed E-state index contributed by atoms with van der Waals surface area (Å²) < 4.78 is 17.5. The molecule has 3 aromatic carbocycles. The topological polar surface area (TPSA) is 94.2 Å². The molecular weight excluding hydrogens is 508 g/mol. The highest BCUT2D eigenvalue weighted by Gasteiger charge is 2.36. The monoisotopic (exact) mass is 542 g/mol. The van der Waals surface area contributed by atoms with Gasteiger partial charge in [-0.25, -0.2) is 9.69 Å². The number of rotatable bonds is 9. The number of carbonyl (C=O) groups is 3. The predicted octanol–water partition coefficient (Wildman–Crippen LogP) is 5.82. The van der Waals surface area contributed by atoms with E-state index >= 15 is 0 Å². The van der Waals surface area contributed by atoms with E-state index in [4.69, 9.17) is 14.2 Å². The van der Waals surface area contributed by atoms with Crippen LogP contribution in [0.15, 0.2) is 72.3 Å². The molecule has 40 heavy (non-hydrogen) atoms. The third-order valence-corrected chi connectivity index (χ3v) is 6.27. The fourth-order valence-corrected chi connectivity index (χ4v) is 4.19. The van der Waals surface area contributed by atoms with E-state index in [-0.39, 0.29) is 17.6 Å². The zero-order valence-electron chi connectivity index (χ0n) is 23.4. The van der Waals surface area contributed by atoms with Gasteiger partial charge in [0.2, 0.25) is 0 Å². The molecule has 0 unspecified atom stereocenters. The third kappa shape index (κ3) is 6.69. The Balaban J connectivity index is 1.46. The minimum atomic E-state index is -0.788. The Kier molecular flexibility index (Phi) is 8.58. The molecule has 0 bridgehead atoms. The van der Waals surface area contributed by atoms with Crippen LogP contribution in [0, 0.1) is 6.92 Å².